The summed E-state index contributed by atoms with van der Waals surface area (Å²) in [6.07, 6.45) is 7.98. The third-order valence-electron chi connectivity index (χ3n) is 23.3. The second kappa shape index (κ2) is 35.6. The molecule has 0 spiro atoms. The first kappa shape index (κ1) is 83.5. The molecule has 4 saturated heterocycles. The van der Waals surface area contributed by atoms with Crippen molar-refractivity contribution in [3.63, 3.8) is 0 Å². The first-order chi connectivity index (χ1) is 54.9. The van der Waals surface area contributed by atoms with Crippen LogP contribution in [0.2, 0.25) is 0 Å². The molecule has 16 atom stereocenters. The number of nitrogens with one attached hydrogen (secondary N) is 8. The second-order valence-electron chi connectivity index (χ2n) is 29.4. The van der Waals surface area contributed by atoms with Crippen molar-refractivity contribution in [3.8, 4) is 0 Å². The number of nitrogens with zero attached hydrogens (tertiary/aromatic N) is 17. The summed E-state index contributed by atoms with van der Waals surface area (Å²) in [7, 11) is 0. The molecule has 616 valence electrons. The largest absolute Gasteiger partial charge is 0.396 e. The lowest BCUT2D eigenvalue weighted by Crippen LogP contribution is -2.56. The fourth-order valence-corrected chi connectivity index (χ4v) is 20.7. The average molecular weight is 1850 g/mol. The highest BCUT2D eigenvalue weighted by molar-refractivity contribution is 9.11. The van der Waals surface area contributed by atoms with E-state index in [1.54, 1.807) is 36.4 Å². The van der Waals surface area contributed by atoms with E-state index < -0.39 is 59.1 Å². The Bertz CT molecular complexity index is 4460. The molecule has 4 saturated carbocycles. The van der Waals surface area contributed by atoms with E-state index in [0.717, 1.165) is 69.8 Å². The molecule has 13 N–H and O–H groups in total. The number of aliphatic hydroxyl groups is 5. The van der Waals surface area contributed by atoms with Crippen LogP contribution < -0.4 is 42.5 Å². The zero-order chi connectivity index (χ0) is 81.0. The van der Waals surface area contributed by atoms with Crippen LogP contribution in [0, 0.1) is 0 Å². The highest BCUT2D eigenvalue weighted by Gasteiger charge is 2.69. The van der Waals surface area contributed by atoms with Crippen LogP contribution in [-0.2, 0) is 18.9 Å². The van der Waals surface area contributed by atoms with Gasteiger partial charge in [0, 0.05) is 86.3 Å². The molecular weight excluding hydrogens is 1760 g/mol. The highest BCUT2D eigenvalue weighted by Crippen LogP contribution is 2.52. The van der Waals surface area contributed by atoms with Crippen LogP contribution in [0.15, 0.2) is 82.3 Å². The van der Waals surface area contributed by atoms with E-state index >= 15 is 0 Å². The monoisotopic (exact) mass is 1840 g/mol. The first-order valence-electron chi connectivity index (χ1n) is 37.8. The summed E-state index contributed by atoms with van der Waals surface area (Å²) >= 11 is 13.9. The standard InChI is InChI=1S/C17H21BrN10O4.C17H22BrN7O3.C17H23BrN4O6.C17H23BrN4O4/c18-12-2-1-10-15(29)22-13-11(28(10)12)9-17(24-26-20)14(13)23-16(30)27(17)4-6-32-8-7-31-5-3-21-25-19;18-12-6-5-10-15(26)21-13-11(25(10)12)9-17(28)14(13)22-16(27)24(17)8-4-2-1-3-7-20-23-19;18-12-2-1-10-15(24)19-13-11(22(10)12)9-17(26)14(13)20-16(25)21(17)3-5-27-7-8-28-6-4-23;18-12-6-5-10-15(24)19-13-11(22(10)12)9-17(26)14(13)20-16(25)21(17)7-3-1-2-4-8-23/h1-2,11,13-14H,3-9H2,(H,22,29)(H,23,30);5-6,11,13-14,28H,1-4,7-9H2,(H,21,26)(H,22,27);1-2,11,13-14,23,26H,3-9H2,(H,19,24)(H,20,25);5-6,11,13-14,23,26H,1-4,7-9H2,(H,19,24)(H,20,25)/t11-,13-,14+,17-;3*11-,13-,14+,17+/m1111/s1. The molecule has 114 heavy (non-hydrogen) atoms. The van der Waals surface area contributed by atoms with Crippen LogP contribution in [0.3, 0.4) is 0 Å². The molecule has 12 amide bonds. The molecule has 12 aliphatic rings. The van der Waals surface area contributed by atoms with E-state index in [9.17, 15) is 59.2 Å². The zero-order valence-electron chi connectivity index (χ0n) is 61.6. The number of unbranched alkanes of at least 4 members (excludes halogenated alkanes) is 6. The SMILES string of the molecule is O=C1N[C@@H]2[C@@H](C[C@]3(O)[C@H]2NC(=O)N3CCCCCCO)n2c(Br)ccc21.O=C1N[C@@H]2[C@@H](C[C@]3(O)[C@H]2NC(=O)N3CCOCCOCCO)n2c(Br)ccc21.[N-]=[N+]=NCCCCCCN1C(=O)N[C@H]2[C@@H]3NC(=O)c4ccc(Br)n4[C@@H]3C[C@]21O.[N-]=[N+]=NCCOCCOCCN1C(=O)N[C@H]2[C@@H]3NC(=O)c4ccc(Br)n4[C@@H]3C[C@]21N=[N+]=[N-]. The summed E-state index contributed by atoms with van der Waals surface area (Å²) in [5, 5.41) is 85.9. The molecule has 0 radical (unpaired) electrons. The molecule has 46 heteroatoms. The van der Waals surface area contributed by atoms with Crippen LogP contribution in [0.1, 0.15) is 143 Å². The number of aromatic nitrogens is 4. The van der Waals surface area contributed by atoms with Crippen LogP contribution in [0.25, 0.3) is 31.3 Å². The Labute approximate surface area is 684 Å². The maximum absolute atomic E-state index is 12.7. The Morgan fingerprint density at radius 2 is 0.711 bits per heavy atom. The summed E-state index contributed by atoms with van der Waals surface area (Å²) in [5.41, 5.74) is 22.7. The average Bonchev–Trinajstić information content (AvgIpc) is 1.57. The number of rotatable bonds is 31. The van der Waals surface area contributed by atoms with Crippen molar-refractivity contribution in [2.75, 3.05) is 105 Å². The number of azide groups is 3. The van der Waals surface area contributed by atoms with Gasteiger partial charge in [0.15, 0.2) is 17.2 Å². The van der Waals surface area contributed by atoms with Crippen LogP contribution >= 0.6 is 63.7 Å². The van der Waals surface area contributed by atoms with Gasteiger partial charge >= 0.3 is 24.1 Å². The molecular formula is C68H89Br4N25O17. The Balaban J connectivity index is 0.000000133. The number of fused-ring (bicyclic) bond motifs is 20. The van der Waals surface area contributed by atoms with E-state index in [4.69, 9.17) is 40.2 Å². The van der Waals surface area contributed by atoms with Crippen molar-refractivity contribution >= 4 is 111 Å². The lowest BCUT2D eigenvalue weighted by molar-refractivity contribution is -0.0771. The Hall–Kier alpha value is -8.43. The third-order valence-corrected chi connectivity index (χ3v) is 25.9. The zero-order valence-corrected chi connectivity index (χ0v) is 67.9. The van der Waals surface area contributed by atoms with Crippen molar-refractivity contribution in [3.05, 3.63) is 121 Å². The molecule has 0 bridgehead atoms. The van der Waals surface area contributed by atoms with Gasteiger partial charge < -0.3 is 110 Å². The van der Waals surface area contributed by atoms with Crippen molar-refractivity contribution in [2.24, 2.45) is 15.3 Å². The van der Waals surface area contributed by atoms with Crippen molar-refractivity contribution < 1.29 is 82.8 Å². The second-order valence-corrected chi connectivity index (χ2v) is 32.6. The molecule has 42 nitrogen and oxygen atoms in total. The lowest BCUT2D eigenvalue weighted by Gasteiger charge is -2.32. The number of aliphatic hydroxyl groups excluding tert-OH is 2. The van der Waals surface area contributed by atoms with Gasteiger partial charge in [0.1, 0.15) is 46.6 Å². The van der Waals surface area contributed by atoms with Gasteiger partial charge in [0.25, 0.3) is 23.6 Å². The van der Waals surface area contributed by atoms with Crippen LogP contribution in [0.5, 0.6) is 0 Å². The maximum Gasteiger partial charge on any atom is 0.320 e. The number of ether oxygens (including phenoxy) is 4. The minimum atomic E-state index is -1.41. The van der Waals surface area contributed by atoms with E-state index in [1.165, 1.54) is 19.6 Å². The van der Waals surface area contributed by atoms with Gasteiger partial charge in [0.05, 0.1) is 132 Å². The van der Waals surface area contributed by atoms with E-state index in [-0.39, 0.29) is 137 Å². The predicted molar refractivity (Wildman–Crippen MR) is 413 cm³/mol. The minimum Gasteiger partial charge on any atom is -0.396 e. The number of carbonyl (C=O) groups excluding carboxylic acids is 8. The van der Waals surface area contributed by atoms with Gasteiger partial charge in [-0.2, -0.15) is 0 Å². The maximum atomic E-state index is 12.7. The molecule has 16 rings (SSSR count). The van der Waals surface area contributed by atoms with Crippen molar-refractivity contribution in [2.45, 2.75) is 172 Å². The number of halogens is 4. The number of hydrogen-bond donors (Lipinski definition) is 13. The fourth-order valence-electron chi connectivity index (χ4n) is 18.3. The molecule has 4 aromatic heterocycles. The van der Waals surface area contributed by atoms with Crippen LogP contribution in [-0.4, -0.2) is 288 Å². The smallest absolute Gasteiger partial charge is 0.320 e. The van der Waals surface area contributed by atoms with Gasteiger partial charge in [-0.15, -0.1) is 0 Å². The van der Waals surface area contributed by atoms with Crippen molar-refractivity contribution in [1.82, 2.24) is 80.4 Å². The van der Waals surface area contributed by atoms with Gasteiger partial charge in [-0.1, -0.05) is 41.0 Å². The number of hydrogen-bond acceptors (Lipinski definition) is 20. The Morgan fingerprint density at radius 3 is 1.11 bits per heavy atom. The van der Waals surface area contributed by atoms with Crippen LogP contribution in [0.4, 0.5) is 19.2 Å². The van der Waals surface area contributed by atoms with E-state index in [1.807, 2.05) is 30.4 Å². The first-order valence-corrected chi connectivity index (χ1v) is 40.9. The van der Waals surface area contributed by atoms with Crippen molar-refractivity contribution in [1.29, 1.82) is 0 Å². The van der Waals surface area contributed by atoms with Gasteiger partial charge in [-0.3, -0.25) is 33.9 Å². The number of carbonyl (C=O) groups is 8. The third kappa shape index (κ3) is 15.7. The van der Waals surface area contributed by atoms with Gasteiger partial charge in [-0.25, -0.2) is 19.2 Å². The van der Waals surface area contributed by atoms with Gasteiger partial charge in [0.2, 0.25) is 0 Å². The predicted octanol–water partition coefficient (Wildman–Crippen LogP) is 4.67. The van der Waals surface area contributed by atoms with E-state index in [2.05, 4.69) is 136 Å². The molecule has 8 fully saturated rings. The fraction of sp³-hybridized carbons (Fsp3) is 0.647. The summed E-state index contributed by atoms with van der Waals surface area (Å²) in [6, 6.07) is 8.40. The molecule has 4 aromatic rings. The van der Waals surface area contributed by atoms with E-state index in [0.29, 0.717) is 101 Å². The topological polar surface area (TPSA) is 550 Å². The quantitative estimate of drug-likeness (QED) is 0.0141. The Morgan fingerprint density at radius 1 is 0.377 bits per heavy atom. The summed E-state index contributed by atoms with van der Waals surface area (Å²) in [4.78, 5) is 114. The normalized spacial score (nSPS) is 30.0. The minimum absolute atomic E-state index is 0.0412. The summed E-state index contributed by atoms with van der Waals surface area (Å²) in [5.74, 6) is -0.873. The highest BCUT2D eigenvalue weighted by atomic mass is 79.9. The molecule has 8 aliphatic heterocycles. The molecule has 0 unspecified atom stereocenters. The van der Waals surface area contributed by atoms with Gasteiger partial charge in [-0.05, 0) is 155 Å². The number of amides is 12. The molecule has 4 aliphatic carbocycles. The molecule has 12 heterocycles. The Kier molecular flexibility index (Phi) is 26.1. The lowest BCUT2D eigenvalue weighted by atomic mass is 10.0. The summed E-state index contributed by atoms with van der Waals surface area (Å²) in [6.45, 7) is 4.47. The number of urea groups is 4. The molecule has 0 aromatic carbocycles. The summed E-state index contributed by atoms with van der Waals surface area (Å²) < 4.78 is 32.1.